The number of aliphatic hydroxyl groups excluding tert-OH is 2. The van der Waals surface area contributed by atoms with E-state index in [2.05, 4.69) is 38.1 Å². The maximum Gasteiger partial charge on any atom is 0.308 e. The van der Waals surface area contributed by atoms with E-state index in [0.29, 0.717) is 48.4 Å². The van der Waals surface area contributed by atoms with E-state index in [-0.39, 0.29) is 70.0 Å². The van der Waals surface area contributed by atoms with Crippen LogP contribution in [0.5, 0.6) is 23.0 Å². The van der Waals surface area contributed by atoms with Gasteiger partial charge in [0.05, 0.1) is 25.0 Å². The molecule has 0 spiro atoms. The molecule has 0 radical (unpaired) electrons. The summed E-state index contributed by atoms with van der Waals surface area (Å²) in [7, 11) is 0. The topological polar surface area (TPSA) is 130 Å². The molecule has 2 N–H and O–H groups in total. The standard InChI is InChI=1S/C52H74O10/c1-7-10-38-11-13-39(14-12-38)40-15-17-41(18-16-40)42-19-21-45(37(6)31-42)44-32-46(50(60-25-9-8-23-53)49(34-44)59-28-30-62-52(56)36(4)5)43-20-22-47(48(33-43)57-26-24-54)58-27-29-61-51(55)35(2)3/h19-22,31-36,38-41,53-54H,7-18,23-30H2,1-6H3. The SMILES string of the molecule is CCCC1CCC(C2CCC(c3ccc(-c4cc(OCCOC(=O)C(C)C)c(OCCCCO)c(-c5ccc(OCCOC(=O)C(C)C)c(OCCO)c5)c4)c(C)c3)CC2)CC1. The summed E-state index contributed by atoms with van der Waals surface area (Å²) in [5, 5.41) is 19.2. The largest absolute Gasteiger partial charge is 0.489 e. The molecule has 0 saturated heterocycles. The molecule has 3 aromatic carbocycles. The van der Waals surface area contributed by atoms with Crippen molar-refractivity contribution in [1.29, 1.82) is 0 Å². The van der Waals surface area contributed by atoms with Crippen molar-refractivity contribution in [2.45, 2.75) is 125 Å². The molecule has 0 aliphatic heterocycles. The highest BCUT2D eigenvalue weighted by molar-refractivity contribution is 5.83. The summed E-state index contributed by atoms with van der Waals surface area (Å²) in [5.41, 5.74) is 6.10. The van der Waals surface area contributed by atoms with E-state index in [1.807, 2.05) is 18.2 Å². The first-order valence-electron chi connectivity index (χ1n) is 23.5. The Morgan fingerprint density at radius 2 is 1.21 bits per heavy atom. The Labute approximate surface area is 371 Å². The summed E-state index contributed by atoms with van der Waals surface area (Å²) in [6.07, 6.45) is 14.7. The summed E-state index contributed by atoms with van der Waals surface area (Å²) < 4.78 is 35.7. The molecular weight excluding hydrogens is 785 g/mol. The minimum absolute atomic E-state index is 0.0450. The lowest BCUT2D eigenvalue weighted by Crippen LogP contribution is -2.25. The number of hydrogen-bond donors (Lipinski definition) is 2. The Kier molecular flexibility index (Phi) is 19.8. The summed E-state index contributed by atoms with van der Waals surface area (Å²) in [4.78, 5) is 24.3. The monoisotopic (exact) mass is 859 g/mol. The van der Waals surface area contributed by atoms with Gasteiger partial charge in [-0.25, -0.2) is 0 Å². The lowest BCUT2D eigenvalue weighted by Gasteiger charge is -2.38. The first-order chi connectivity index (χ1) is 30.0. The molecule has 5 rings (SSSR count). The van der Waals surface area contributed by atoms with Crippen molar-refractivity contribution < 1.29 is 48.2 Å². The Morgan fingerprint density at radius 1 is 0.597 bits per heavy atom. The fraction of sp³-hybridized carbons (Fsp3) is 0.615. The first-order valence-corrected chi connectivity index (χ1v) is 23.5. The molecule has 3 aromatic rings. The number of carbonyl (C=O) groups is 2. The normalized spacial score (nSPS) is 19.0. The van der Waals surface area contributed by atoms with Crippen molar-refractivity contribution in [2.75, 3.05) is 52.9 Å². The van der Waals surface area contributed by atoms with Crippen LogP contribution >= 0.6 is 0 Å². The maximum atomic E-state index is 12.3. The minimum atomic E-state index is -0.301. The zero-order chi connectivity index (χ0) is 44.4. The van der Waals surface area contributed by atoms with E-state index in [9.17, 15) is 19.8 Å². The second-order valence-corrected chi connectivity index (χ2v) is 18.0. The quantitative estimate of drug-likeness (QED) is 0.0663. The van der Waals surface area contributed by atoms with Crippen LogP contribution in [0.1, 0.15) is 129 Å². The predicted octanol–water partition coefficient (Wildman–Crippen LogP) is 10.9. The van der Waals surface area contributed by atoms with Gasteiger partial charge in [0, 0.05) is 12.2 Å². The average molecular weight is 859 g/mol. The summed E-state index contributed by atoms with van der Waals surface area (Å²) in [6.45, 7) is 12.3. The number of aryl methyl sites for hydroxylation is 1. The van der Waals surface area contributed by atoms with Crippen LogP contribution in [0.4, 0.5) is 0 Å². The van der Waals surface area contributed by atoms with Crippen LogP contribution in [0.2, 0.25) is 0 Å². The molecule has 0 aromatic heterocycles. The number of carbonyl (C=O) groups excluding carboxylic acids is 2. The Bertz CT molecular complexity index is 1840. The Balaban J connectivity index is 1.45. The van der Waals surface area contributed by atoms with Gasteiger partial charge in [-0.05, 0) is 134 Å². The van der Waals surface area contributed by atoms with Gasteiger partial charge in [-0.2, -0.15) is 0 Å². The molecule has 0 unspecified atom stereocenters. The third kappa shape index (κ3) is 14.1. The molecule has 62 heavy (non-hydrogen) atoms. The fourth-order valence-electron chi connectivity index (χ4n) is 9.15. The van der Waals surface area contributed by atoms with Crippen molar-refractivity contribution >= 4 is 11.9 Å². The number of ether oxygens (including phenoxy) is 6. The van der Waals surface area contributed by atoms with Gasteiger partial charge in [0.25, 0.3) is 0 Å². The van der Waals surface area contributed by atoms with Crippen LogP contribution in [-0.2, 0) is 19.1 Å². The molecule has 2 aliphatic rings. The van der Waals surface area contributed by atoms with Gasteiger partial charge in [-0.15, -0.1) is 0 Å². The summed E-state index contributed by atoms with van der Waals surface area (Å²) in [5.74, 6) is 4.05. The predicted molar refractivity (Wildman–Crippen MR) is 244 cm³/mol. The number of rotatable bonds is 24. The molecule has 0 heterocycles. The highest BCUT2D eigenvalue weighted by Gasteiger charge is 2.31. The van der Waals surface area contributed by atoms with E-state index in [1.165, 1.54) is 75.3 Å². The molecule has 2 fully saturated rings. The van der Waals surface area contributed by atoms with Crippen molar-refractivity contribution in [2.24, 2.45) is 29.6 Å². The summed E-state index contributed by atoms with van der Waals surface area (Å²) >= 11 is 0. The van der Waals surface area contributed by atoms with E-state index < -0.39 is 0 Å². The van der Waals surface area contributed by atoms with Crippen LogP contribution in [0.3, 0.4) is 0 Å². The number of hydrogen-bond acceptors (Lipinski definition) is 10. The van der Waals surface area contributed by atoms with Gasteiger partial charge >= 0.3 is 11.9 Å². The van der Waals surface area contributed by atoms with E-state index >= 15 is 0 Å². The lowest BCUT2D eigenvalue weighted by atomic mass is 9.68. The zero-order valence-corrected chi connectivity index (χ0v) is 38.4. The molecule has 2 saturated carbocycles. The van der Waals surface area contributed by atoms with Crippen molar-refractivity contribution in [3.63, 3.8) is 0 Å². The van der Waals surface area contributed by atoms with Gasteiger partial charge < -0.3 is 38.6 Å². The van der Waals surface area contributed by atoms with Crippen LogP contribution in [0, 0.1) is 36.5 Å². The molecular formula is C52H74O10. The van der Waals surface area contributed by atoms with Gasteiger partial charge in [-0.3, -0.25) is 9.59 Å². The van der Waals surface area contributed by atoms with Crippen LogP contribution in [-0.4, -0.2) is 75.0 Å². The van der Waals surface area contributed by atoms with Crippen LogP contribution in [0.15, 0.2) is 48.5 Å². The number of esters is 2. The smallest absolute Gasteiger partial charge is 0.308 e. The second-order valence-electron chi connectivity index (χ2n) is 18.0. The first kappa shape index (κ1) is 48.7. The molecule has 2 aliphatic carbocycles. The maximum absolute atomic E-state index is 12.3. The molecule has 0 amide bonds. The third-order valence-electron chi connectivity index (χ3n) is 12.6. The van der Waals surface area contributed by atoms with Gasteiger partial charge in [0.1, 0.15) is 33.0 Å². The highest BCUT2D eigenvalue weighted by Crippen LogP contribution is 2.47. The van der Waals surface area contributed by atoms with Crippen molar-refractivity contribution in [3.8, 4) is 45.3 Å². The van der Waals surface area contributed by atoms with Crippen molar-refractivity contribution in [1.82, 2.24) is 0 Å². The third-order valence-corrected chi connectivity index (χ3v) is 12.6. The zero-order valence-electron chi connectivity index (χ0n) is 38.4. The Morgan fingerprint density at radius 3 is 1.81 bits per heavy atom. The van der Waals surface area contributed by atoms with Gasteiger partial charge in [-0.1, -0.05) is 84.6 Å². The molecule has 0 bridgehead atoms. The molecule has 0 atom stereocenters. The Hall–Kier alpha value is -4.28. The van der Waals surface area contributed by atoms with Gasteiger partial charge in [0.2, 0.25) is 0 Å². The van der Waals surface area contributed by atoms with Gasteiger partial charge in [0.15, 0.2) is 23.0 Å². The van der Waals surface area contributed by atoms with Crippen molar-refractivity contribution in [3.05, 3.63) is 59.7 Å². The average Bonchev–Trinajstić information content (AvgIpc) is 3.27. The molecule has 10 heteroatoms. The molecule has 10 nitrogen and oxygen atoms in total. The lowest BCUT2D eigenvalue weighted by molar-refractivity contribution is -0.148. The van der Waals surface area contributed by atoms with Crippen LogP contribution < -0.4 is 18.9 Å². The van der Waals surface area contributed by atoms with Crippen LogP contribution in [0.25, 0.3) is 22.3 Å². The number of benzene rings is 3. The highest BCUT2D eigenvalue weighted by atomic mass is 16.6. The molecule has 342 valence electrons. The fourth-order valence-corrected chi connectivity index (χ4v) is 9.15. The number of aliphatic hydroxyl groups is 2. The second kappa shape index (κ2) is 25.1. The van der Waals surface area contributed by atoms with E-state index in [1.54, 1.807) is 33.8 Å². The van der Waals surface area contributed by atoms with E-state index in [4.69, 9.17) is 28.4 Å². The minimum Gasteiger partial charge on any atom is -0.489 e. The number of unbranched alkanes of at least 4 members (excludes halogenated alkanes) is 1. The summed E-state index contributed by atoms with van der Waals surface area (Å²) in [6, 6.07) is 16.6. The van der Waals surface area contributed by atoms with E-state index in [0.717, 1.165) is 40.0 Å².